The molecular formula is C14H16O2Si. The van der Waals surface area contributed by atoms with E-state index in [9.17, 15) is 0 Å². The zero-order valence-electron chi connectivity index (χ0n) is 10.1. The third-order valence-electron chi connectivity index (χ3n) is 2.64. The van der Waals surface area contributed by atoms with Crippen LogP contribution in [0.3, 0.4) is 0 Å². The van der Waals surface area contributed by atoms with Crippen LogP contribution in [0.15, 0.2) is 54.6 Å². The maximum Gasteiger partial charge on any atom is 0.417 e. The van der Waals surface area contributed by atoms with Crippen molar-refractivity contribution in [3.63, 3.8) is 0 Å². The highest BCUT2D eigenvalue weighted by atomic mass is 28.3. The average Bonchev–Trinajstić information content (AvgIpc) is 2.38. The molecule has 0 fully saturated rings. The molecule has 0 radical (unpaired) electrons. The van der Waals surface area contributed by atoms with Gasteiger partial charge in [-0.15, -0.1) is 0 Å². The van der Waals surface area contributed by atoms with Crippen LogP contribution in [0.1, 0.15) is 5.56 Å². The first-order valence-electron chi connectivity index (χ1n) is 5.61. The van der Waals surface area contributed by atoms with E-state index in [-0.39, 0.29) is 0 Å². The van der Waals surface area contributed by atoms with E-state index < -0.39 is 9.28 Å². The lowest BCUT2D eigenvalue weighted by molar-refractivity contribution is 0.348. The fraction of sp³-hybridized carbons (Fsp3) is 0.143. The Bertz CT molecular complexity index is 471. The predicted molar refractivity (Wildman–Crippen MR) is 72.0 cm³/mol. The molecule has 2 aromatic carbocycles. The maximum atomic E-state index is 5.95. The van der Waals surface area contributed by atoms with Gasteiger partial charge in [-0.25, -0.2) is 0 Å². The van der Waals surface area contributed by atoms with E-state index in [1.165, 1.54) is 10.8 Å². The van der Waals surface area contributed by atoms with E-state index >= 15 is 0 Å². The molecule has 88 valence electrons. The molecule has 0 amide bonds. The van der Waals surface area contributed by atoms with Gasteiger partial charge in [0.1, 0.15) is 5.75 Å². The van der Waals surface area contributed by atoms with E-state index in [2.05, 4.69) is 19.1 Å². The SMILES string of the molecule is CO[SiH](Oc1ccccc1)c1ccccc1C. The normalized spacial score (nSPS) is 12.1. The third-order valence-corrected chi connectivity index (χ3v) is 4.71. The highest BCUT2D eigenvalue weighted by Crippen LogP contribution is 2.10. The second kappa shape index (κ2) is 5.66. The topological polar surface area (TPSA) is 18.5 Å². The number of hydrogen-bond donors (Lipinski definition) is 0. The van der Waals surface area contributed by atoms with Gasteiger partial charge in [0.05, 0.1) is 0 Å². The number of rotatable bonds is 4. The van der Waals surface area contributed by atoms with E-state index in [4.69, 9.17) is 8.85 Å². The van der Waals surface area contributed by atoms with Crippen LogP contribution in [0.5, 0.6) is 5.75 Å². The number of aryl methyl sites for hydroxylation is 1. The van der Waals surface area contributed by atoms with Gasteiger partial charge in [0.2, 0.25) is 0 Å². The fourth-order valence-corrected chi connectivity index (χ4v) is 3.33. The smallest absolute Gasteiger partial charge is 0.417 e. The van der Waals surface area contributed by atoms with Crippen molar-refractivity contribution in [2.24, 2.45) is 0 Å². The second-order valence-corrected chi connectivity index (χ2v) is 5.85. The molecular weight excluding hydrogens is 228 g/mol. The van der Waals surface area contributed by atoms with E-state index in [1.54, 1.807) is 7.11 Å². The van der Waals surface area contributed by atoms with Crippen LogP contribution in [0.25, 0.3) is 0 Å². The van der Waals surface area contributed by atoms with Crippen molar-refractivity contribution in [1.82, 2.24) is 0 Å². The predicted octanol–water partition coefficient (Wildman–Crippen LogP) is 2.15. The molecule has 0 aliphatic heterocycles. The lowest BCUT2D eigenvalue weighted by atomic mass is 10.2. The Hall–Kier alpha value is -1.58. The number of hydrogen-bond acceptors (Lipinski definition) is 2. The summed E-state index contributed by atoms with van der Waals surface area (Å²) in [7, 11) is -0.123. The van der Waals surface area contributed by atoms with Crippen LogP contribution in [0.2, 0.25) is 0 Å². The summed E-state index contributed by atoms with van der Waals surface area (Å²) in [5.74, 6) is 0.870. The minimum absolute atomic E-state index is 0.870. The molecule has 2 rings (SSSR count). The van der Waals surface area contributed by atoms with Crippen molar-refractivity contribution in [3.05, 3.63) is 60.2 Å². The summed E-state index contributed by atoms with van der Waals surface area (Å²) in [5, 5.41) is 1.19. The standard InChI is InChI=1S/C14H16O2Si/c1-12-8-6-7-11-14(12)17(15-2)16-13-9-4-3-5-10-13/h3-11,17H,1-2H3. The molecule has 0 aromatic heterocycles. The van der Waals surface area contributed by atoms with Crippen LogP contribution in [0.4, 0.5) is 0 Å². The van der Waals surface area contributed by atoms with Crippen molar-refractivity contribution in [3.8, 4) is 5.75 Å². The van der Waals surface area contributed by atoms with Crippen molar-refractivity contribution < 1.29 is 8.85 Å². The maximum absolute atomic E-state index is 5.95. The molecule has 17 heavy (non-hydrogen) atoms. The Balaban J connectivity index is 2.21. The zero-order chi connectivity index (χ0) is 12.1. The first-order valence-corrected chi connectivity index (χ1v) is 7.13. The molecule has 0 heterocycles. The minimum Gasteiger partial charge on any atom is -0.519 e. The molecule has 1 unspecified atom stereocenters. The number of para-hydroxylation sites is 1. The van der Waals surface area contributed by atoms with Gasteiger partial charge in [-0.3, -0.25) is 0 Å². The van der Waals surface area contributed by atoms with Gasteiger partial charge in [0.25, 0.3) is 0 Å². The van der Waals surface area contributed by atoms with Crippen molar-refractivity contribution in [2.75, 3.05) is 7.11 Å². The largest absolute Gasteiger partial charge is 0.519 e. The molecule has 2 nitrogen and oxygen atoms in total. The summed E-state index contributed by atoms with van der Waals surface area (Å²) < 4.78 is 11.5. The Labute approximate surface area is 104 Å². The van der Waals surface area contributed by atoms with Gasteiger partial charge in [0.15, 0.2) is 0 Å². The summed E-state index contributed by atoms with van der Waals surface area (Å²) in [6.45, 7) is 2.09. The molecule has 1 atom stereocenters. The minimum atomic E-state index is -1.84. The molecule has 0 spiro atoms. The van der Waals surface area contributed by atoms with Crippen LogP contribution >= 0.6 is 0 Å². The summed E-state index contributed by atoms with van der Waals surface area (Å²) in [4.78, 5) is 0. The molecule has 0 N–H and O–H groups in total. The highest BCUT2D eigenvalue weighted by molar-refractivity contribution is 6.62. The monoisotopic (exact) mass is 244 g/mol. The quantitative estimate of drug-likeness (QED) is 0.767. The Kier molecular flexibility index (Phi) is 3.96. The highest BCUT2D eigenvalue weighted by Gasteiger charge is 2.18. The third kappa shape index (κ3) is 2.96. The molecule has 0 saturated heterocycles. The van der Waals surface area contributed by atoms with Crippen molar-refractivity contribution in [2.45, 2.75) is 6.92 Å². The Morgan fingerprint density at radius 1 is 0.882 bits per heavy atom. The van der Waals surface area contributed by atoms with Gasteiger partial charge >= 0.3 is 9.28 Å². The first-order chi connectivity index (χ1) is 8.31. The second-order valence-electron chi connectivity index (χ2n) is 3.86. The van der Waals surface area contributed by atoms with Crippen LogP contribution in [0, 0.1) is 6.92 Å². The van der Waals surface area contributed by atoms with E-state index in [1.807, 2.05) is 42.5 Å². The Morgan fingerprint density at radius 2 is 1.53 bits per heavy atom. The van der Waals surface area contributed by atoms with Gasteiger partial charge in [-0.2, -0.15) is 0 Å². The van der Waals surface area contributed by atoms with Crippen molar-refractivity contribution in [1.29, 1.82) is 0 Å². The molecule has 3 heteroatoms. The summed E-state index contributed by atoms with van der Waals surface area (Å²) in [6, 6.07) is 18.0. The average molecular weight is 244 g/mol. The lowest BCUT2D eigenvalue weighted by Crippen LogP contribution is -2.40. The van der Waals surface area contributed by atoms with Crippen LogP contribution in [-0.4, -0.2) is 16.4 Å². The number of benzene rings is 2. The molecule has 0 bridgehead atoms. The van der Waals surface area contributed by atoms with Crippen molar-refractivity contribution >= 4 is 14.5 Å². The summed E-state index contributed by atoms with van der Waals surface area (Å²) >= 11 is 0. The van der Waals surface area contributed by atoms with Gasteiger partial charge in [0, 0.05) is 12.3 Å². The first kappa shape index (κ1) is 11.9. The van der Waals surface area contributed by atoms with Crippen LogP contribution < -0.4 is 9.61 Å². The van der Waals surface area contributed by atoms with E-state index in [0.717, 1.165) is 5.75 Å². The van der Waals surface area contributed by atoms with Gasteiger partial charge in [-0.1, -0.05) is 42.5 Å². The zero-order valence-corrected chi connectivity index (χ0v) is 11.2. The van der Waals surface area contributed by atoms with Crippen LogP contribution in [-0.2, 0) is 4.43 Å². The van der Waals surface area contributed by atoms with E-state index in [0.29, 0.717) is 0 Å². The summed E-state index contributed by atoms with van der Waals surface area (Å²) in [5.41, 5.74) is 1.22. The molecule has 0 aliphatic carbocycles. The molecule has 0 saturated carbocycles. The fourth-order valence-electron chi connectivity index (χ4n) is 1.71. The van der Waals surface area contributed by atoms with Gasteiger partial charge in [-0.05, 0) is 24.6 Å². The molecule has 0 aliphatic rings. The van der Waals surface area contributed by atoms with Gasteiger partial charge < -0.3 is 8.85 Å². The Morgan fingerprint density at radius 3 is 2.18 bits per heavy atom. The molecule has 2 aromatic rings. The summed E-state index contributed by atoms with van der Waals surface area (Å²) in [6.07, 6.45) is 0. The lowest BCUT2D eigenvalue weighted by Gasteiger charge is -2.17.